The highest BCUT2D eigenvalue weighted by atomic mass is 16.6. The summed E-state index contributed by atoms with van der Waals surface area (Å²) < 4.78 is 0. The standard InChI is InChI=1S/C21H26N4O4/c26-16-6-11-22-12-14-23(15-13-22)17-21(27)24(18-7-2-1-3-8-18)19-9-4-5-10-20(19)25(28)29/h1-5,7-10,26H,6,11-17H2. The molecule has 1 saturated heterocycles. The lowest BCUT2D eigenvalue weighted by molar-refractivity contribution is -0.384. The molecule has 1 amide bonds. The van der Waals surface area contributed by atoms with Gasteiger partial charge in [0.15, 0.2) is 0 Å². The number of para-hydroxylation sites is 3. The maximum atomic E-state index is 13.3. The van der Waals surface area contributed by atoms with Gasteiger partial charge in [0.1, 0.15) is 5.69 Å². The van der Waals surface area contributed by atoms with Crippen LogP contribution in [0.1, 0.15) is 6.42 Å². The van der Waals surface area contributed by atoms with Crippen molar-refractivity contribution >= 4 is 23.0 Å². The Morgan fingerprint density at radius 3 is 2.28 bits per heavy atom. The Labute approximate surface area is 170 Å². The smallest absolute Gasteiger partial charge is 0.293 e. The molecule has 0 bridgehead atoms. The average molecular weight is 398 g/mol. The Hall–Kier alpha value is -2.81. The van der Waals surface area contributed by atoms with Gasteiger partial charge in [-0.05, 0) is 24.6 Å². The van der Waals surface area contributed by atoms with E-state index in [2.05, 4.69) is 9.80 Å². The number of amides is 1. The fourth-order valence-corrected chi connectivity index (χ4v) is 3.53. The van der Waals surface area contributed by atoms with Crippen molar-refractivity contribution in [3.8, 4) is 0 Å². The third kappa shape index (κ3) is 5.38. The van der Waals surface area contributed by atoms with E-state index in [-0.39, 0.29) is 30.4 Å². The van der Waals surface area contributed by atoms with E-state index in [1.807, 2.05) is 18.2 Å². The van der Waals surface area contributed by atoms with Crippen molar-refractivity contribution in [2.45, 2.75) is 6.42 Å². The van der Waals surface area contributed by atoms with Crippen LogP contribution in [0.3, 0.4) is 0 Å². The number of carbonyl (C=O) groups is 1. The summed E-state index contributed by atoms with van der Waals surface area (Å²) in [6.45, 7) is 4.39. The molecule has 1 fully saturated rings. The second-order valence-electron chi connectivity index (χ2n) is 7.01. The van der Waals surface area contributed by atoms with Gasteiger partial charge in [-0.2, -0.15) is 0 Å². The van der Waals surface area contributed by atoms with Gasteiger partial charge in [-0.3, -0.25) is 24.7 Å². The van der Waals surface area contributed by atoms with E-state index < -0.39 is 4.92 Å². The molecule has 1 heterocycles. The van der Waals surface area contributed by atoms with Gasteiger partial charge >= 0.3 is 0 Å². The number of hydrogen-bond acceptors (Lipinski definition) is 6. The Kier molecular flexibility index (Phi) is 7.29. The summed E-state index contributed by atoms with van der Waals surface area (Å²) >= 11 is 0. The van der Waals surface area contributed by atoms with E-state index >= 15 is 0 Å². The zero-order chi connectivity index (χ0) is 20.6. The Morgan fingerprint density at radius 2 is 1.62 bits per heavy atom. The SMILES string of the molecule is O=C(CN1CCN(CCCO)CC1)N(c1ccccc1)c1ccccc1[N+](=O)[O-]. The summed E-state index contributed by atoms with van der Waals surface area (Å²) in [5, 5.41) is 20.5. The number of rotatable bonds is 8. The zero-order valence-electron chi connectivity index (χ0n) is 16.3. The summed E-state index contributed by atoms with van der Waals surface area (Å²) in [6.07, 6.45) is 0.748. The molecule has 154 valence electrons. The normalized spacial score (nSPS) is 15.2. The maximum absolute atomic E-state index is 13.3. The number of hydrogen-bond donors (Lipinski definition) is 1. The van der Waals surface area contributed by atoms with E-state index in [0.717, 1.165) is 39.1 Å². The molecule has 0 saturated carbocycles. The van der Waals surface area contributed by atoms with E-state index in [0.29, 0.717) is 5.69 Å². The van der Waals surface area contributed by atoms with Crippen LogP contribution in [0.15, 0.2) is 54.6 Å². The Balaban J connectivity index is 1.78. The van der Waals surface area contributed by atoms with Crippen molar-refractivity contribution in [1.29, 1.82) is 0 Å². The van der Waals surface area contributed by atoms with Crippen molar-refractivity contribution in [1.82, 2.24) is 9.80 Å². The van der Waals surface area contributed by atoms with Gasteiger partial charge in [0, 0.05) is 51.1 Å². The van der Waals surface area contributed by atoms with Gasteiger partial charge in [-0.25, -0.2) is 0 Å². The predicted octanol–water partition coefficient (Wildman–Crippen LogP) is 2.26. The highest BCUT2D eigenvalue weighted by Gasteiger charge is 2.28. The minimum atomic E-state index is -0.460. The number of carbonyl (C=O) groups excluding carboxylic acids is 1. The Morgan fingerprint density at radius 1 is 1.00 bits per heavy atom. The summed E-state index contributed by atoms with van der Waals surface area (Å²) in [5.74, 6) is -0.200. The molecular weight excluding hydrogens is 372 g/mol. The number of nitrogens with zero attached hydrogens (tertiary/aromatic N) is 4. The van der Waals surface area contributed by atoms with Crippen molar-refractivity contribution in [2.75, 3.05) is 50.8 Å². The van der Waals surface area contributed by atoms with Crippen LogP contribution < -0.4 is 4.90 Å². The first kappa shape index (κ1) is 20.9. The molecule has 1 aliphatic heterocycles. The largest absolute Gasteiger partial charge is 0.396 e. The molecule has 0 radical (unpaired) electrons. The molecule has 0 aromatic heterocycles. The number of aliphatic hydroxyl groups is 1. The summed E-state index contributed by atoms with van der Waals surface area (Å²) in [7, 11) is 0. The molecule has 1 aliphatic rings. The Bertz CT molecular complexity index is 822. The lowest BCUT2D eigenvalue weighted by atomic mass is 10.2. The molecule has 8 heteroatoms. The highest BCUT2D eigenvalue weighted by Crippen LogP contribution is 2.33. The minimum Gasteiger partial charge on any atom is -0.396 e. The number of anilines is 2. The molecule has 1 N–H and O–H groups in total. The summed E-state index contributed by atoms with van der Waals surface area (Å²) in [5.41, 5.74) is 0.780. The van der Waals surface area contributed by atoms with Crippen molar-refractivity contribution in [3.63, 3.8) is 0 Å². The van der Waals surface area contributed by atoms with Crippen LogP contribution in [-0.4, -0.2) is 71.6 Å². The van der Waals surface area contributed by atoms with E-state index in [1.165, 1.54) is 11.0 Å². The van der Waals surface area contributed by atoms with Crippen LogP contribution in [0.2, 0.25) is 0 Å². The first-order valence-electron chi connectivity index (χ1n) is 9.77. The second-order valence-corrected chi connectivity index (χ2v) is 7.01. The van der Waals surface area contributed by atoms with Crippen LogP contribution in [0.5, 0.6) is 0 Å². The fourth-order valence-electron chi connectivity index (χ4n) is 3.53. The van der Waals surface area contributed by atoms with E-state index in [1.54, 1.807) is 30.3 Å². The van der Waals surface area contributed by atoms with Gasteiger partial charge in [-0.15, -0.1) is 0 Å². The monoisotopic (exact) mass is 398 g/mol. The quantitative estimate of drug-likeness (QED) is 0.542. The van der Waals surface area contributed by atoms with Crippen LogP contribution in [-0.2, 0) is 4.79 Å². The molecule has 0 atom stereocenters. The summed E-state index contributed by atoms with van der Waals surface area (Å²) in [4.78, 5) is 30.1. The molecule has 29 heavy (non-hydrogen) atoms. The van der Waals surface area contributed by atoms with Gasteiger partial charge in [0.25, 0.3) is 5.69 Å². The molecular formula is C21H26N4O4. The molecule has 8 nitrogen and oxygen atoms in total. The van der Waals surface area contributed by atoms with Crippen LogP contribution >= 0.6 is 0 Å². The lowest BCUT2D eigenvalue weighted by Crippen LogP contribution is -2.49. The van der Waals surface area contributed by atoms with Crippen LogP contribution in [0.4, 0.5) is 17.1 Å². The number of nitro groups is 1. The topological polar surface area (TPSA) is 90.2 Å². The number of piperazine rings is 1. The van der Waals surface area contributed by atoms with E-state index in [4.69, 9.17) is 5.11 Å². The number of nitro benzene ring substituents is 1. The van der Waals surface area contributed by atoms with Gasteiger partial charge < -0.3 is 10.0 Å². The minimum absolute atomic E-state index is 0.0986. The highest BCUT2D eigenvalue weighted by molar-refractivity contribution is 6.03. The molecule has 0 aliphatic carbocycles. The fraction of sp³-hybridized carbons (Fsp3) is 0.381. The van der Waals surface area contributed by atoms with Crippen molar-refractivity contribution < 1.29 is 14.8 Å². The lowest BCUT2D eigenvalue weighted by Gasteiger charge is -2.35. The molecule has 0 unspecified atom stereocenters. The average Bonchev–Trinajstić information content (AvgIpc) is 2.74. The predicted molar refractivity (Wildman–Crippen MR) is 111 cm³/mol. The third-order valence-electron chi connectivity index (χ3n) is 5.04. The van der Waals surface area contributed by atoms with E-state index in [9.17, 15) is 14.9 Å². The first-order chi connectivity index (χ1) is 14.1. The summed E-state index contributed by atoms with van der Waals surface area (Å²) in [6, 6.07) is 15.3. The van der Waals surface area contributed by atoms with Crippen molar-refractivity contribution in [2.24, 2.45) is 0 Å². The number of benzene rings is 2. The van der Waals surface area contributed by atoms with Crippen LogP contribution in [0.25, 0.3) is 0 Å². The van der Waals surface area contributed by atoms with Gasteiger partial charge in [0.2, 0.25) is 5.91 Å². The molecule has 0 spiro atoms. The third-order valence-corrected chi connectivity index (χ3v) is 5.04. The van der Waals surface area contributed by atoms with Gasteiger partial charge in [-0.1, -0.05) is 30.3 Å². The molecule has 2 aromatic rings. The second kappa shape index (κ2) is 10.1. The molecule has 3 rings (SSSR count). The number of aliphatic hydroxyl groups excluding tert-OH is 1. The van der Waals surface area contributed by atoms with Crippen molar-refractivity contribution in [3.05, 3.63) is 64.7 Å². The zero-order valence-corrected chi connectivity index (χ0v) is 16.3. The molecule has 2 aromatic carbocycles. The maximum Gasteiger partial charge on any atom is 0.293 e. The first-order valence-corrected chi connectivity index (χ1v) is 9.77. The van der Waals surface area contributed by atoms with Crippen LogP contribution in [0, 0.1) is 10.1 Å². The van der Waals surface area contributed by atoms with Gasteiger partial charge in [0.05, 0.1) is 11.5 Å².